The standard InChI is InChI=1S/C37H45N7O8S/c1-6-52-34-29(8-7-15-39-34)37(40-36(46)43-23-27(24-43)42-16-13-26(14-17-42)41(2)18-19-49-3)30-20-25(22-38)9-11-31(30)44(35(37)45)53(47,48)33-12-10-28(50-4)21-32(33)51-5/h7-12,15,20-21,26-27H,6,13-14,16-19,23-24H2,1-5H3,(H,40,46)/t37-/m1/s1. The first kappa shape index (κ1) is 37.8. The van der Waals surface area contributed by atoms with E-state index >= 15 is 4.79 Å². The van der Waals surface area contributed by atoms with E-state index in [9.17, 15) is 18.5 Å². The number of hydrogen-bond donors (Lipinski definition) is 1. The number of ether oxygens (including phenoxy) is 4. The molecule has 2 fully saturated rings. The Labute approximate surface area is 310 Å². The minimum atomic E-state index is -4.70. The molecule has 2 saturated heterocycles. The van der Waals surface area contributed by atoms with Gasteiger partial charge in [-0.2, -0.15) is 9.57 Å². The zero-order chi connectivity index (χ0) is 37.9. The van der Waals surface area contributed by atoms with E-state index in [1.807, 2.05) is 0 Å². The summed E-state index contributed by atoms with van der Waals surface area (Å²) in [5, 5.41) is 12.9. The SMILES string of the molecule is CCOc1ncccc1[C@]1(NC(=O)N2CC(N3CCC(N(C)CCOC)CC3)C2)C(=O)N(S(=O)(=O)c2ccc(OC)cc2OC)c2ccc(C#N)cc21. The van der Waals surface area contributed by atoms with Crippen LogP contribution in [0.5, 0.6) is 17.4 Å². The predicted molar refractivity (Wildman–Crippen MR) is 195 cm³/mol. The van der Waals surface area contributed by atoms with Crippen molar-refractivity contribution in [2.75, 3.05) is 78.6 Å². The number of hydrogen-bond acceptors (Lipinski definition) is 12. The number of nitrogens with zero attached hydrogens (tertiary/aromatic N) is 6. The number of carbonyl (C=O) groups is 2. The van der Waals surface area contributed by atoms with Gasteiger partial charge in [-0.3, -0.25) is 9.69 Å². The second-order valence-electron chi connectivity index (χ2n) is 13.2. The lowest BCUT2D eigenvalue weighted by atomic mass is 9.83. The molecule has 1 atom stereocenters. The summed E-state index contributed by atoms with van der Waals surface area (Å²) in [6.45, 7) is 6.09. The molecule has 16 heteroatoms. The summed E-state index contributed by atoms with van der Waals surface area (Å²) in [6, 6.07) is 13.6. The van der Waals surface area contributed by atoms with Crippen LogP contribution in [0.25, 0.3) is 0 Å². The van der Waals surface area contributed by atoms with Crippen LogP contribution in [0, 0.1) is 11.3 Å². The number of benzene rings is 2. The van der Waals surface area contributed by atoms with Gasteiger partial charge in [0.25, 0.3) is 15.9 Å². The van der Waals surface area contributed by atoms with Crippen molar-refractivity contribution in [1.29, 1.82) is 5.26 Å². The molecule has 0 unspecified atom stereocenters. The van der Waals surface area contributed by atoms with Crippen LogP contribution in [0.2, 0.25) is 0 Å². The first-order chi connectivity index (χ1) is 25.5. The number of urea groups is 1. The molecule has 15 nitrogen and oxygen atoms in total. The van der Waals surface area contributed by atoms with Crippen LogP contribution in [0.3, 0.4) is 0 Å². The molecular weight excluding hydrogens is 703 g/mol. The van der Waals surface area contributed by atoms with Crippen molar-refractivity contribution in [3.63, 3.8) is 0 Å². The fraction of sp³-hybridized carbons (Fsp3) is 0.459. The van der Waals surface area contributed by atoms with Crippen molar-refractivity contribution in [3.8, 4) is 23.4 Å². The van der Waals surface area contributed by atoms with E-state index in [1.165, 1.54) is 56.8 Å². The minimum absolute atomic E-state index is 0.0260. The summed E-state index contributed by atoms with van der Waals surface area (Å²) >= 11 is 0. The third-order valence-corrected chi connectivity index (χ3v) is 12.1. The van der Waals surface area contributed by atoms with Gasteiger partial charge in [-0.15, -0.1) is 0 Å². The number of fused-ring (bicyclic) bond motifs is 1. The Hall–Kier alpha value is -4.95. The number of rotatable bonds is 13. The molecule has 0 bridgehead atoms. The van der Waals surface area contributed by atoms with Crippen molar-refractivity contribution in [2.24, 2.45) is 0 Å². The summed E-state index contributed by atoms with van der Waals surface area (Å²) in [5.74, 6) is -0.683. The van der Waals surface area contributed by atoms with Gasteiger partial charge < -0.3 is 34.1 Å². The number of likely N-dealkylation sites (N-methyl/N-ethyl adjacent to an activating group) is 1. The molecule has 1 N–H and O–H groups in total. The molecule has 3 aliphatic heterocycles. The molecule has 1 aromatic heterocycles. The largest absolute Gasteiger partial charge is 0.497 e. The molecule has 0 aliphatic carbocycles. The fourth-order valence-corrected chi connectivity index (χ4v) is 8.97. The highest BCUT2D eigenvalue weighted by Gasteiger charge is 2.59. The van der Waals surface area contributed by atoms with Crippen LogP contribution in [-0.2, 0) is 25.1 Å². The van der Waals surface area contributed by atoms with Gasteiger partial charge in [0.2, 0.25) is 5.88 Å². The molecule has 282 valence electrons. The number of sulfonamides is 1. The predicted octanol–water partition coefficient (Wildman–Crippen LogP) is 2.78. The van der Waals surface area contributed by atoms with Gasteiger partial charge in [0.05, 0.1) is 50.3 Å². The molecule has 3 aromatic rings. The zero-order valence-corrected chi connectivity index (χ0v) is 31.4. The molecular formula is C37H45N7O8S. The maximum Gasteiger partial charge on any atom is 0.318 e. The molecule has 3 aliphatic rings. The van der Waals surface area contributed by atoms with Gasteiger partial charge in [-0.05, 0) is 69.3 Å². The summed E-state index contributed by atoms with van der Waals surface area (Å²) < 4.78 is 51.7. The van der Waals surface area contributed by atoms with Crippen LogP contribution in [0.15, 0.2) is 59.6 Å². The van der Waals surface area contributed by atoms with Crippen molar-refractivity contribution >= 4 is 27.6 Å². The number of nitrogens with one attached hydrogen (secondary N) is 1. The number of likely N-dealkylation sites (tertiary alicyclic amines) is 2. The second-order valence-corrected chi connectivity index (χ2v) is 15.0. The quantitative estimate of drug-likeness (QED) is 0.272. The Kier molecular flexibility index (Phi) is 11.1. The zero-order valence-electron chi connectivity index (χ0n) is 30.6. The Morgan fingerprint density at radius 3 is 2.49 bits per heavy atom. The van der Waals surface area contributed by atoms with E-state index in [0.717, 1.165) is 32.5 Å². The third kappa shape index (κ3) is 6.85. The topological polar surface area (TPSA) is 167 Å². The van der Waals surface area contributed by atoms with Gasteiger partial charge in [0.1, 0.15) is 16.4 Å². The Morgan fingerprint density at radius 2 is 1.83 bits per heavy atom. The lowest BCUT2D eigenvalue weighted by molar-refractivity contribution is -0.121. The number of piperidine rings is 1. The van der Waals surface area contributed by atoms with Gasteiger partial charge in [-0.25, -0.2) is 18.2 Å². The molecule has 2 aromatic carbocycles. The lowest BCUT2D eigenvalue weighted by Gasteiger charge is -2.49. The van der Waals surface area contributed by atoms with E-state index in [1.54, 1.807) is 31.1 Å². The molecule has 6 rings (SSSR count). The molecule has 3 amide bonds. The Morgan fingerprint density at radius 1 is 1.08 bits per heavy atom. The number of amides is 3. The molecule has 0 radical (unpaired) electrons. The van der Waals surface area contributed by atoms with Crippen LogP contribution >= 0.6 is 0 Å². The molecule has 4 heterocycles. The smallest absolute Gasteiger partial charge is 0.318 e. The van der Waals surface area contributed by atoms with Gasteiger partial charge >= 0.3 is 6.03 Å². The van der Waals surface area contributed by atoms with E-state index in [2.05, 4.69) is 33.2 Å². The molecule has 0 saturated carbocycles. The number of methoxy groups -OCH3 is 3. The van der Waals surface area contributed by atoms with Crippen LogP contribution in [-0.4, -0.2) is 126 Å². The number of carbonyl (C=O) groups excluding carboxylic acids is 2. The van der Waals surface area contributed by atoms with Crippen LogP contribution in [0.1, 0.15) is 36.5 Å². The van der Waals surface area contributed by atoms with Gasteiger partial charge in [-0.1, -0.05) is 0 Å². The van der Waals surface area contributed by atoms with Crippen molar-refractivity contribution in [3.05, 3.63) is 71.4 Å². The van der Waals surface area contributed by atoms with Gasteiger partial charge in [0.15, 0.2) is 5.54 Å². The lowest BCUT2D eigenvalue weighted by Crippen LogP contribution is -2.67. The Bertz CT molecular complexity index is 1990. The minimum Gasteiger partial charge on any atom is -0.497 e. The number of anilines is 1. The normalized spacial score (nSPS) is 19.5. The maximum absolute atomic E-state index is 15.2. The highest BCUT2D eigenvalue weighted by molar-refractivity contribution is 7.93. The first-order valence-corrected chi connectivity index (χ1v) is 18.9. The van der Waals surface area contributed by atoms with E-state index < -0.39 is 27.5 Å². The summed E-state index contributed by atoms with van der Waals surface area (Å²) in [7, 11) is 1.86. The fourth-order valence-electron chi connectivity index (χ4n) is 7.36. The summed E-state index contributed by atoms with van der Waals surface area (Å²) in [4.78, 5) is 39.9. The van der Waals surface area contributed by atoms with Crippen LogP contribution in [0.4, 0.5) is 10.5 Å². The third-order valence-electron chi connectivity index (χ3n) is 10.3. The highest BCUT2D eigenvalue weighted by atomic mass is 32.2. The van der Waals surface area contributed by atoms with Crippen molar-refractivity contribution in [1.82, 2.24) is 25.0 Å². The molecule has 0 spiro atoms. The van der Waals surface area contributed by atoms with E-state index in [4.69, 9.17) is 18.9 Å². The monoisotopic (exact) mass is 747 g/mol. The van der Waals surface area contributed by atoms with E-state index in [0.29, 0.717) is 35.8 Å². The summed E-state index contributed by atoms with van der Waals surface area (Å²) in [6.07, 6.45) is 3.48. The van der Waals surface area contributed by atoms with Gasteiger partial charge in [0, 0.05) is 69.7 Å². The Balaban J connectivity index is 1.36. The molecule has 53 heavy (non-hydrogen) atoms. The number of pyridine rings is 1. The summed E-state index contributed by atoms with van der Waals surface area (Å²) in [5.41, 5.74) is -1.85. The maximum atomic E-state index is 15.2. The highest BCUT2D eigenvalue weighted by Crippen LogP contribution is 2.50. The number of aromatic nitrogens is 1. The van der Waals surface area contributed by atoms with Crippen molar-refractivity contribution in [2.45, 2.75) is 42.3 Å². The van der Waals surface area contributed by atoms with Crippen LogP contribution < -0.4 is 23.8 Å². The average molecular weight is 748 g/mol. The second kappa shape index (κ2) is 15.6. The van der Waals surface area contributed by atoms with Crippen molar-refractivity contribution < 1.29 is 37.0 Å². The van der Waals surface area contributed by atoms with E-state index in [-0.39, 0.29) is 51.6 Å². The average Bonchev–Trinajstić information content (AvgIpc) is 3.40. The first-order valence-electron chi connectivity index (χ1n) is 17.5. The number of nitriles is 1.